The van der Waals surface area contributed by atoms with Crippen LogP contribution >= 0.6 is 0 Å². The van der Waals surface area contributed by atoms with Crippen molar-refractivity contribution in [3.05, 3.63) is 47.0 Å². The summed E-state index contributed by atoms with van der Waals surface area (Å²) in [4.78, 5) is 12.3. The number of aryl methyl sites for hydroxylation is 1. The summed E-state index contributed by atoms with van der Waals surface area (Å²) in [5.74, 6) is 0.543. The van der Waals surface area contributed by atoms with Gasteiger partial charge < -0.3 is 5.32 Å². The van der Waals surface area contributed by atoms with Crippen molar-refractivity contribution in [1.82, 2.24) is 9.78 Å². The van der Waals surface area contributed by atoms with Crippen LogP contribution in [0.1, 0.15) is 55.5 Å². The van der Waals surface area contributed by atoms with E-state index in [9.17, 15) is 9.18 Å². The van der Waals surface area contributed by atoms with Gasteiger partial charge in [0.05, 0.1) is 23.6 Å². The summed E-state index contributed by atoms with van der Waals surface area (Å²) in [5.41, 5.74) is 3.52. The number of halogens is 1. The van der Waals surface area contributed by atoms with Crippen molar-refractivity contribution in [3.8, 4) is 0 Å². The third-order valence-corrected chi connectivity index (χ3v) is 5.15. The lowest BCUT2D eigenvalue weighted by molar-refractivity contribution is -0.116. The van der Waals surface area contributed by atoms with E-state index < -0.39 is 0 Å². The molecule has 25 heavy (non-hydrogen) atoms. The molecule has 0 bridgehead atoms. The second-order valence-electron chi connectivity index (χ2n) is 7.07. The lowest BCUT2D eigenvalue weighted by Gasteiger charge is -2.10. The van der Waals surface area contributed by atoms with Gasteiger partial charge in [-0.05, 0) is 43.9 Å². The van der Waals surface area contributed by atoms with E-state index >= 15 is 0 Å². The molecule has 1 aliphatic rings. The van der Waals surface area contributed by atoms with E-state index in [0.29, 0.717) is 18.9 Å². The molecule has 1 fully saturated rings. The number of carbonyl (C=O) groups excluding carboxylic acids is 1. The normalized spacial score (nSPS) is 14.8. The van der Waals surface area contributed by atoms with Crippen LogP contribution in [-0.2, 0) is 11.3 Å². The Kier molecular flexibility index (Phi) is 5.51. The van der Waals surface area contributed by atoms with Crippen molar-refractivity contribution in [2.75, 3.05) is 5.32 Å². The number of nitrogens with zero attached hydrogens (tertiary/aromatic N) is 2. The zero-order valence-electron chi connectivity index (χ0n) is 15.0. The second kappa shape index (κ2) is 7.81. The van der Waals surface area contributed by atoms with Crippen molar-refractivity contribution in [3.63, 3.8) is 0 Å². The molecule has 1 aromatic carbocycles. The molecule has 1 saturated carbocycles. The molecule has 3 rings (SSSR count). The first-order chi connectivity index (χ1) is 12.0. The molecule has 0 unspecified atom stereocenters. The largest absolute Gasteiger partial charge is 0.323 e. The zero-order chi connectivity index (χ0) is 17.8. The molecule has 1 heterocycles. The van der Waals surface area contributed by atoms with Gasteiger partial charge in [0, 0.05) is 6.42 Å². The van der Waals surface area contributed by atoms with Crippen LogP contribution in [0.25, 0.3) is 0 Å². The number of benzene rings is 1. The highest BCUT2D eigenvalue weighted by Gasteiger charge is 2.18. The Labute approximate surface area is 148 Å². The summed E-state index contributed by atoms with van der Waals surface area (Å²) in [5, 5.41) is 7.56. The van der Waals surface area contributed by atoms with Crippen LogP contribution < -0.4 is 5.32 Å². The zero-order valence-corrected chi connectivity index (χ0v) is 15.0. The molecule has 1 amide bonds. The highest BCUT2D eigenvalue weighted by molar-refractivity contribution is 5.91. The van der Waals surface area contributed by atoms with Gasteiger partial charge in [0.2, 0.25) is 5.91 Å². The second-order valence-corrected chi connectivity index (χ2v) is 7.07. The molecular formula is C20H26FN3O. The molecule has 0 radical (unpaired) electrons. The van der Waals surface area contributed by atoms with Crippen LogP contribution in [0.15, 0.2) is 24.3 Å². The average Bonchev–Trinajstić information content (AvgIpc) is 3.19. The van der Waals surface area contributed by atoms with Gasteiger partial charge in [0.25, 0.3) is 0 Å². The maximum atomic E-state index is 13.0. The molecule has 0 saturated heterocycles. The van der Waals surface area contributed by atoms with Crippen LogP contribution in [0.5, 0.6) is 0 Å². The van der Waals surface area contributed by atoms with Gasteiger partial charge in [-0.1, -0.05) is 37.8 Å². The summed E-state index contributed by atoms with van der Waals surface area (Å²) in [6.07, 6.45) is 6.70. The first-order valence-corrected chi connectivity index (χ1v) is 9.11. The number of anilines is 1. The number of amides is 1. The predicted molar refractivity (Wildman–Crippen MR) is 97.0 cm³/mol. The Morgan fingerprint density at radius 2 is 1.92 bits per heavy atom. The van der Waals surface area contributed by atoms with Crippen molar-refractivity contribution >= 4 is 11.6 Å². The Balaban J connectivity index is 1.62. The molecule has 1 N–H and O–H groups in total. The summed E-state index contributed by atoms with van der Waals surface area (Å²) < 4.78 is 14.9. The third kappa shape index (κ3) is 4.47. The van der Waals surface area contributed by atoms with Gasteiger partial charge in [-0.3, -0.25) is 9.48 Å². The minimum atomic E-state index is -0.243. The summed E-state index contributed by atoms with van der Waals surface area (Å²) in [6.45, 7) is 4.42. The van der Waals surface area contributed by atoms with E-state index in [0.717, 1.165) is 29.1 Å². The smallest absolute Gasteiger partial charge is 0.224 e. The van der Waals surface area contributed by atoms with Crippen LogP contribution in [-0.4, -0.2) is 15.7 Å². The quantitative estimate of drug-likeness (QED) is 0.833. The van der Waals surface area contributed by atoms with Crippen LogP contribution in [0.3, 0.4) is 0 Å². The molecule has 1 aromatic heterocycles. The van der Waals surface area contributed by atoms with Crippen LogP contribution in [0.4, 0.5) is 10.1 Å². The minimum Gasteiger partial charge on any atom is -0.323 e. The number of aromatic nitrogens is 2. The maximum Gasteiger partial charge on any atom is 0.224 e. The fraction of sp³-hybridized carbons (Fsp3) is 0.500. The SMILES string of the molecule is Cc1nn(Cc2ccc(F)cc2)c(C)c1NC(=O)CCC1CCCC1. The van der Waals surface area contributed by atoms with E-state index in [1.165, 1.54) is 37.8 Å². The van der Waals surface area contributed by atoms with E-state index in [1.807, 2.05) is 18.5 Å². The Bertz CT molecular complexity index is 730. The first-order valence-electron chi connectivity index (χ1n) is 9.11. The van der Waals surface area contributed by atoms with Crippen molar-refractivity contribution in [2.45, 2.75) is 58.9 Å². The maximum absolute atomic E-state index is 13.0. The molecule has 0 atom stereocenters. The number of rotatable bonds is 6. The Hall–Kier alpha value is -2.17. The topological polar surface area (TPSA) is 46.9 Å². The van der Waals surface area contributed by atoms with E-state index in [1.54, 1.807) is 12.1 Å². The van der Waals surface area contributed by atoms with E-state index in [4.69, 9.17) is 0 Å². The lowest BCUT2D eigenvalue weighted by atomic mass is 10.0. The van der Waals surface area contributed by atoms with E-state index in [2.05, 4.69) is 10.4 Å². The van der Waals surface area contributed by atoms with Gasteiger partial charge in [-0.2, -0.15) is 5.10 Å². The fourth-order valence-electron chi connectivity index (χ4n) is 3.63. The lowest BCUT2D eigenvalue weighted by Crippen LogP contribution is -2.14. The number of nitrogens with one attached hydrogen (secondary N) is 1. The Morgan fingerprint density at radius 3 is 2.60 bits per heavy atom. The van der Waals surface area contributed by atoms with Gasteiger partial charge in [-0.25, -0.2) is 4.39 Å². The monoisotopic (exact) mass is 343 g/mol. The van der Waals surface area contributed by atoms with Crippen LogP contribution in [0.2, 0.25) is 0 Å². The van der Waals surface area contributed by atoms with Gasteiger partial charge >= 0.3 is 0 Å². The van der Waals surface area contributed by atoms with Crippen molar-refractivity contribution in [1.29, 1.82) is 0 Å². The minimum absolute atomic E-state index is 0.0689. The highest BCUT2D eigenvalue weighted by atomic mass is 19.1. The predicted octanol–water partition coefficient (Wildman–Crippen LogP) is 4.60. The van der Waals surface area contributed by atoms with Gasteiger partial charge in [0.1, 0.15) is 5.82 Å². The molecule has 2 aromatic rings. The molecule has 0 spiro atoms. The van der Waals surface area contributed by atoms with Crippen LogP contribution in [0, 0.1) is 25.6 Å². The molecule has 1 aliphatic carbocycles. The fourth-order valence-corrected chi connectivity index (χ4v) is 3.63. The standard InChI is InChI=1S/C20H26FN3O/c1-14-20(22-19(25)12-9-16-5-3-4-6-16)15(2)24(23-14)13-17-7-10-18(21)11-8-17/h7-8,10-11,16H,3-6,9,12-13H2,1-2H3,(H,22,25). The average molecular weight is 343 g/mol. The third-order valence-electron chi connectivity index (χ3n) is 5.15. The van der Waals surface area contributed by atoms with Gasteiger partial charge in [-0.15, -0.1) is 0 Å². The van der Waals surface area contributed by atoms with E-state index in [-0.39, 0.29) is 11.7 Å². The Morgan fingerprint density at radius 1 is 1.24 bits per heavy atom. The molecular weight excluding hydrogens is 317 g/mol. The van der Waals surface area contributed by atoms with Crippen molar-refractivity contribution < 1.29 is 9.18 Å². The summed E-state index contributed by atoms with van der Waals surface area (Å²) >= 11 is 0. The number of carbonyl (C=O) groups is 1. The summed E-state index contributed by atoms with van der Waals surface area (Å²) in [7, 11) is 0. The summed E-state index contributed by atoms with van der Waals surface area (Å²) in [6, 6.07) is 6.41. The molecule has 4 nitrogen and oxygen atoms in total. The highest BCUT2D eigenvalue weighted by Crippen LogP contribution is 2.29. The molecule has 5 heteroatoms. The first kappa shape index (κ1) is 17.6. The van der Waals surface area contributed by atoms with Crippen molar-refractivity contribution in [2.24, 2.45) is 5.92 Å². The number of hydrogen-bond acceptors (Lipinski definition) is 2. The van der Waals surface area contributed by atoms with Gasteiger partial charge in [0.15, 0.2) is 0 Å². The molecule has 134 valence electrons. The molecule has 0 aliphatic heterocycles. The number of hydrogen-bond donors (Lipinski definition) is 1.